The molecule has 1 aliphatic carbocycles. The second-order valence-electron chi connectivity index (χ2n) is 11.6. The molecule has 43 heavy (non-hydrogen) atoms. The summed E-state index contributed by atoms with van der Waals surface area (Å²) in [6.07, 6.45) is 0. The van der Waals surface area contributed by atoms with E-state index < -0.39 is 0 Å². The lowest BCUT2D eigenvalue weighted by molar-refractivity contribution is 1.64. The summed E-state index contributed by atoms with van der Waals surface area (Å²) in [4.78, 5) is 0. The van der Waals surface area contributed by atoms with Crippen LogP contribution in [0.3, 0.4) is 0 Å². The number of benzene rings is 8. The highest BCUT2D eigenvalue weighted by atomic mass is 32.1. The van der Waals surface area contributed by atoms with E-state index in [2.05, 4.69) is 146 Å². The molecule has 1 aliphatic rings. The van der Waals surface area contributed by atoms with E-state index in [-0.39, 0.29) is 0 Å². The smallest absolute Gasteiger partial charge is 0.0368 e. The van der Waals surface area contributed by atoms with Crippen LogP contribution in [0.4, 0.5) is 0 Å². The summed E-state index contributed by atoms with van der Waals surface area (Å²) in [5.74, 6) is 0. The largest absolute Gasteiger partial charge is 0.135 e. The number of hydrogen-bond acceptors (Lipinski definition) is 1. The molecule has 0 unspecified atom stereocenters. The predicted molar refractivity (Wildman–Crippen MR) is 187 cm³/mol. The average Bonchev–Trinajstić information content (AvgIpc) is 3.40. The van der Waals surface area contributed by atoms with Gasteiger partial charge in [-0.2, -0.15) is 0 Å². The Morgan fingerprint density at radius 1 is 0.326 bits per heavy atom. The Morgan fingerprint density at radius 2 is 0.907 bits per heavy atom. The van der Waals surface area contributed by atoms with E-state index in [0.29, 0.717) is 0 Å². The van der Waals surface area contributed by atoms with E-state index in [0.717, 1.165) is 0 Å². The van der Waals surface area contributed by atoms with Crippen LogP contribution >= 0.6 is 11.3 Å². The van der Waals surface area contributed by atoms with Crippen LogP contribution in [0.2, 0.25) is 0 Å². The van der Waals surface area contributed by atoms with Crippen LogP contribution in [0.1, 0.15) is 0 Å². The number of thiophene rings is 1. The maximum atomic E-state index is 2.48. The van der Waals surface area contributed by atoms with Crippen molar-refractivity contribution in [2.45, 2.75) is 0 Å². The van der Waals surface area contributed by atoms with E-state index in [1.165, 1.54) is 97.0 Å². The van der Waals surface area contributed by atoms with Gasteiger partial charge in [-0.05, 0) is 95.0 Å². The topological polar surface area (TPSA) is 0 Å². The summed E-state index contributed by atoms with van der Waals surface area (Å²) in [5.41, 5.74) is 10.4. The minimum atomic E-state index is 1.25. The first-order chi connectivity index (χ1) is 21.3. The van der Waals surface area contributed by atoms with Gasteiger partial charge in [-0.1, -0.05) is 127 Å². The van der Waals surface area contributed by atoms with Gasteiger partial charge >= 0.3 is 0 Å². The molecular formula is C42H24S. The monoisotopic (exact) mass is 560 g/mol. The van der Waals surface area contributed by atoms with Crippen molar-refractivity contribution in [1.82, 2.24) is 0 Å². The standard InChI is InChI=1S/C42H24S/c1-2-11-25(12-3-1)38-31-16-6-8-18-33(31)39(34-19-9-7-17-32(34)38)27-23-35-29-15-5-4-14-28(29)30-20-10-13-26-21-22-36-42(40(26)30)41(35)37(24-27)43-36/h1-24H. The van der Waals surface area contributed by atoms with Gasteiger partial charge in [0.15, 0.2) is 0 Å². The van der Waals surface area contributed by atoms with Crippen molar-refractivity contribution in [3.63, 3.8) is 0 Å². The molecule has 0 nitrogen and oxygen atoms in total. The minimum absolute atomic E-state index is 1.25. The Labute approximate surface area is 253 Å². The van der Waals surface area contributed by atoms with Gasteiger partial charge in [-0.25, -0.2) is 0 Å². The molecule has 1 aromatic heterocycles. The zero-order valence-corrected chi connectivity index (χ0v) is 24.1. The fraction of sp³-hybridized carbons (Fsp3) is 0. The van der Waals surface area contributed by atoms with Gasteiger partial charge in [0.1, 0.15) is 0 Å². The fourth-order valence-corrected chi connectivity index (χ4v) is 8.83. The highest BCUT2D eigenvalue weighted by Gasteiger charge is 2.24. The second-order valence-corrected chi connectivity index (χ2v) is 12.7. The van der Waals surface area contributed by atoms with E-state index in [4.69, 9.17) is 0 Å². The maximum absolute atomic E-state index is 2.48. The summed E-state index contributed by atoms with van der Waals surface area (Å²) >= 11 is 1.93. The highest BCUT2D eigenvalue weighted by Crippen LogP contribution is 2.53. The Hall–Kier alpha value is -5.24. The van der Waals surface area contributed by atoms with Crippen LogP contribution in [-0.4, -0.2) is 0 Å². The Morgan fingerprint density at radius 3 is 1.60 bits per heavy atom. The van der Waals surface area contributed by atoms with Crippen LogP contribution < -0.4 is 0 Å². The molecular weight excluding hydrogens is 537 g/mol. The van der Waals surface area contributed by atoms with Gasteiger partial charge in [0.05, 0.1) is 0 Å². The second kappa shape index (κ2) is 8.64. The number of rotatable bonds is 2. The molecule has 1 heteroatoms. The highest BCUT2D eigenvalue weighted by molar-refractivity contribution is 7.26. The molecule has 198 valence electrons. The van der Waals surface area contributed by atoms with Crippen molar-refractivity contribution in [3.8, 4) is 44.5 Å². The molecule has 0 amide bonds. The number of hydrogen-bond donors (Lipinski definition) is 0. The molecule has 0 aliphatic heterocycles. The summed E-state index contributed by atoms with van der Waals surface area (Å²) < 4.78 is 2.71. The molecule has 10 rings (SSSR count). The first-order valence-electron chi connectivity index (χ1n) is 14.9. The summed E-state index contributed by atoms with van der Waals surface area (Å²) in [6, 6.07) is 54.1. The zero-order chi connectivity index (χ0) is 28.1. The van der Waals surface area contributed by atoms with E-state index in [1.807, 2.05) is 11.3 Å². The average molecular weight is 561 g/mol. The molecule has 8 aromatic carbocycles. The molecule has 0 saturated heterocycles. The van der Waals surface area contributed by atoms with Crippen molar-refractivity contribution in [3.05, 3.63) is 146 Å². The molecule has 0 N–H and O–H groups in total. The van der Waals surface area contributed by atoms with Gasteiger partial charge in [0.25, 0.3) is 0 Å². The van der Waals surface area contributed by atoms with Crippen molar-refractivity contribution in [2.75, 3.05) is 0 Å². The third-order valence-corrected chi connectivity index (χ3v) is 10.5. The van der Waals surface area contributed by atoms with Gasteiger partial charge < -0.3 is 0 Å². The lowest BCUT2D eigenvalue weighted by atomic mass is 9.85. The summed E-state index contributed by atoms with van der Waals surface area (Å²) in [7, 11) is 0. The van der Waals surface area contributed by atoms with Gasteiger partial charge in [-0.15, -0.1) is 11.3 Å². The van der Waals surface area contributed by atoms with Crippen molar-refractivity contribution in [2.24, 2.45) is 0 Å². The molecule has 1 heterocycles. The fourth-order valence-electron chi connectivity index (χ4n) is 7.65. The summed E-state index contributed by atoms with van der Waals surface area (Å²) in [6.45, 7) is 0. The Bertz CT molecular complexity index is 2550. The van der Waals surface area contributed by atoms with Crippen LogP contribution in [0.15, 0.2) is 146 Å². The van der Waals surface area contributed by atoms with E-state index >= 15 is 0 Å². The zero-order valence-electron chi connectivity index (χ0n) is 23.3. The SMILES string of the molecule is c1ccc(-c2c3ccccc3c(-c3cc4c5c(c3)sc3ccc6cccc(c6c35)-c3ccccc3-4)c3ccccc23)cc1. The first kappa shape index (κ1) is 23.3. The molecule has 0 atom stereocenters. The van der Waals surface area contributed by atoms with Crippen LogP contribution in [0.5, 0.6) is 0 Å². The molecule has 9 aromatic rings. The van der Waals surface area contributed by atoms with Crippen molar-refractivity contribution >= 4 is 63.8 Å². The van der Waals surface area contributed by atoms with Crippen molar-refractivity contribution in [1.29, 1.82) is 0 Å². The summed E-state index contributed by atoms with van der Waals surface area (Å²) in [5, 5.41) is 10.7. The van der Waals surface area contributed by atoms with Gasteiger partial charge in [0.2, 0.25) is 0 Å². The third-order valence-electron chi connectivity index (χ3n) is 9.37. The van der Waals surface area contributed by atoms with Crippen LogP contribution in [0.25, 0.3) is 97.0 Å². The molecule has 0 saturated carbocycles. The molecule has 0 radical (unpaired) electrons. The molecule has 0 bridgehead atoms. The van der Waals surface area contributed by atoms with Crippen LogP contribution in [0, 0.1) is 0 Å². The maximum Gasteiger partial charge on any atom is 0.0368 e. The molecule has 0 fully saturated rings. The molecule has 0 spiro atoms. The Balaban J connectivity index is 1.39. The predicted octanol–water partition coefficient (Wildman–Crippen LogP) is 12.5. The lowest BCUT2D eigenvalue weighted by Crippen LogP contribution is -1.91. The van der Waals surface area contributed by atoms with Crippen LogP contribution in [-0.2, 0) is 0 Å². The third kappa shape index (κ3) is 3.15. The lowest BCUT2D eigenvalue weighted by Gasteiger charge is -2.19. The van der Waals surface area contributed by atoms with E-state index in [1.54, 1.807) is 0 Å². The number of fused-ring (bicyclic) bond motifs is 5. The van der Waals surface area contributed by atoms with Gasteiger partial charge in [-0.3, -0.25) is 0 Å². The first-order valence-corrected chi connectivity index (χ1v) is 15.7. The minimum Gasteiger partial charge on any atom is -0.135 e. The van der Waals surface area contributed by atoms with Gasteiger partial charge in [0, 0.05) is 20.2 Å². The Kier molecular flexibility index (Phi) is 4.69. The quantitative estimate of drug-likeness (QED) is 0.184. The normalized spacial score (nSPS) is 12.2. The van der Waals surface area contributed by atoms with E-state index in [9.17, 15) is 0 Å². The van der Waals surface area contributed by atoms with Crippen molar-refractivity contribution < 1.29 is 0 Å².